The molecule has 0 aromatic heterocycles. The topological polar surface area (TPSA) is 0 Å². The van der Waals surface area contributed by atoms with Crippen molar-refractivity contribution in [2.45, 2.75) is 19.0 Å². The summed E-state index contributed by atoms with van der Waals surface area (Å²) < 4.78 is 1.57. The molecule has 1 aromatic rings. The Morgan fingerprint density at radius 3 is 1.85 bits per heavy atom. The fourth-order valence-corrected chi connectivity index (χ4v) is 3.12. The molecule has 13 heavy (non-hydrogen) atoms. The Morgan fingerprint density at radius 2 is 1.54 bits per heavy atom. The second kappa shape index (κ2) is 4.27. The van der Waals surface area contributed by atoms with Crippen LogP contribution >= 0.6 is 29.1 Å². The van der Waals surface area contributed by atoms with Gasteiger partial charge >= 0.3 is 91.3 Å². The molecule has 0 N–H and O–H groups in total. The summed E-state index contributed by atoms with van der Waals surface area (Å²) in [5.41, 5.74) is 1.40. The Morgan fingerprint density at radius 1 is 1.08 bits per heavy atom. The van der Waals surface area contributed by atoms with Gasteiger partial charge in [-0.1, -0.05) is 0 Å². The average molecular weight is 308 g/mol. The van der Waals surface area contributed by atoms with Gasteiger partial charge in [-0.15, -0.1) is 0 Å². The minimum atomic E-state index is -0.769. The second-order valence-electron chi connectivity index (χ2n) is 3.98. The first-order valence-corrected chi connectivity index (χ1v) is 10.3. The van der Waals surface area contributed by atoms with Crippen LogP contribution in [0.4, 0.5) is 0 Å². The summed E-state index contributed by atoms with van der Waals surface area (Å²) in [7, 11) is 2.88. The fraction of sp³-hybridized carbons (Fsp3) is 0.455. The van der Waals surface area contributed by atoms with Crippen LogP contribution in [0.25, 0.3) is 0 Å². The van der Waals surface area contributed by atoms with Crippen molar-refractivity contribution in [3.8, 4) is 0 Å². The van der Waals surface area contributed by atoms with Crippen molar-refractivity contribution in [3.63, 3.8) is 0 Å². The van der Waals surface area contributed by atoms with Crippen LogP contribution in [0.3, 0.4) is 0 Å². The predicted molar refractivity (Wildman–Crippen MR) is 73.7 cm³/mol. The van der Waals surface area contributed by atoms with E-state index in [1.165, 1.54) is 5.56 Å². The van der Waals surface area contributed by atoms with Crippen molar-refractivity contribution in [2.24, 2.45) is 0 Å². The minimum absolute atomic E-state index is 0.207. The van der Waals surface area contributed by atoms with Gasteiger partial charge in [-0.2, -0.15) is 0 Å². The molecular weight excluding hydrogens is 290 g/mol. The Hall–Kier alpha value is 0.380. The summed E-state index contributed by atoms with van der Waals surface area (Å²) in [5.74, 6) is 0. The quantitative estimate of drug-likeness (QED) is 0.444. The SMILES string of the molecule is CI(C)c1ccc(C(C)(C)P)cc1. The van der Waals surface area contributed by atoms with Crippen LogP contribution in [0.15, 0.2) is 24.3 Å². The van der Waals surface area contributed by atoms with E-state index in [2.05, 4.69) is 57.2 Å². The summed E-state index contributed by atoms with van der Waals surface area (Å²) in [5, 5.41) is 0.207. The fourth-order valence-electron chi connectivity index (χ4n) is 1.13. The predicted octanol–water partition coefficient (Wildman–Crippen LogP) is 3.73. The molecule has 74 valence electrons. The molecule has 0 aliphatic rings. The van der Waals surface area contributed by atoms with Gasteiger partial charge in [0.05, 0.1) is 0 Å². The van der Waals surface area contributed by atoms with Crippen LogP contribution < -0.4 is 0 Å². The monoisotopic (exact) mass is 308 g/mol. The third-order valence-corrected chi connectivity index (χ3v) is 5.57. The van der Waals surface area contributed by atoms with Crippen LogP contribution in [-0.2, 0) is 5.16 Å². The van der Waals surface area contributed by atoms with Crippen molar-refractivity contribution in [1.82, 2.24) is 0 Å². The van der Waals surface area contributed by atoms with E-state index < -0.39 is 19.8 Å². The molecule has 1 atom stereocenters. The summed E-state index contributed by atoms with van der Waals surface area (Å²) in [6.07, 6.45) is 0. The van der Waals surface area contributed by atoms with E-state index in [-0.39, 0.29) is 5.16 Å². The van der Waals surface area contributed by atoms with E-state index in [1.807, 2.05) is 0 Å². The number of alkyl halides is 2. The molecule has 0 spiro atoms. The van der Waals surface area contributed by atoms with Crippen LogP contribution in [0.2, 0.25) is 0 Å². The van der Waals surface area contributed by atoms with Gasteiger partial charge in [-0.05, 0) is 0 Å². The zero-order valence-electron chi connectivity index (χ0n) is 8.76. The molecule has 0 amide bonds. The van der Waals surface area contributed by atoms with Gasteiger partial charge in [-0.25, -0.2) is 0 Å². The Bertz CT molecular complexity index is 269. The molecular formula is C11H18IP. The van der Waals surface area contributed by atoms with Crippen LogP contribution in [0.1, 0.15) is 19.4 Å². The summed E-state index contributed by atoms with van der Waals surface area (Å²) in [4.78, 5) is 4.76. The van der Waals surface area contributed by atoms with Crippen molar-refractivity contribution in [1.29, 1.82) is 0 Å². The van der Waals surface area contributed by atoms with Crippen LogP contribution in [-0.4, -0.2) is 9.86 Å². The first-order chi connectivity index (χ1) is 5.91. The van der Waals surface area contributed by atoms with E-state index >= 15 is 0 Å². The maximum atomic E-state index is 2.88. The molecule has 1 rings (SSSR count). The molecule has 0 aliphatic carbocycles. The first-order valence-electron chi connectivity index (χ1n) is 4.30. The van der Waals surface area contributed by atoms with Gasteiger partial charge in [0.1, 0.15) is 0 Å². The molecule has 0 bridgehead atoms. The van der Waals surface area contributed by atoms with Gasteiger partial charge in [0.15, 0.2) is 0 Å². The van der Waals surface area contributed by atoms with Crippen LogP contribution in [0.5, 0.6) is 0 Å². The third kappa shape index (κ3) is 3.21. The molecule has 0 heterocycles. The molecule has 1 aromatic carbocycles. The average Bonchev–Trinajstić information content (AvgIpc) is 2.03. The standard InChI is InChI=1S/C11H18IP/c1-11(2,13)9-5-7-10(8-6-9)12(3)4/h5-8H,13H2,1-4H3. The molecule has 0 saturated carbocycles. The Balaban J connectivity index is 2.94. The zero-order chi connectivity index (χ0) is 10.1. The normalized spacial score (nSPS) is 12.8. The molecule has 2 heteroatoms. The Labute approximate surface area is 91.1 Å². The van der Waals surface area contributed by atoms with E-state index in [0.717, 1.165) is 0 Å². The van der Waals surface area contributed by atoms with Gasteiger partial charge in [0.2, 0.25) is 0 Å². The van der Waals surface area contributed by atoms with E-state index in [1.54, 1.807) is 3.57 Å². The van der Waals surface area contributed by atoms with E-state index in [9.17, 15) is 0 Å². The third-order valence-electron chi connectivity index (χ3n) is 2.02. The molecule has 0 nitrogen and oxygen atoms in total. The van der Waals surface area contributed by atoms with Crippen LogP contribution in [0, 0.1) is 3.57 Å². The van der Waals surface area contributed by atoms with E-state index in [4.69, 9.17) is 0 Å². The molecule has 0 radical (unpaired) electrons. The zero-order valence-corrected chi connectivity index (χ0v) is 12.1. The number of hydrogen-bond acceptors (Lipinski definition) is 0. The van der Waals surface area contributed by atoms with Gasteiger partial charge < -0.3 is 0 Å². The Kier molecular flexibility index (Phi) is 3.76. The molecule has 0 fully saturated rings. The molecule has 0 saturated heterocycles. The van der Waals surface area contributed by atoms with Crippen molar-refractivity contribution in [2.75, 3.05) is 9.86 Å². The summed E-state index contributed by atoms with van der Waals surface area (Å²) in [6.45, 7) is 4.45. The molecule has 0 aliphatic heterocycles. The number of halogens is 1. The maximum absolute atomic E-state index is 2.88. The summed E-state index contributed by atoms with van der Waals surface area (Å²) in [6, 6.07) is 9.12. The number of rotatable bonds is 2. The second-order valence-corrected chi connectivity index (χ2v) is 11.0. The van der Waals surface area contributed by atoms with Gasteiger partial charge in [0.25, 0.3) is 0 Å². The van der Waals surface area contributed by atoms with Crippen molar-refractivity contribution in [3.05, 3.63) is 33.4 Å². The van der Waals surface area contributed by atoms with Gasteiger partial charge in [-0.3, -0.25) is 0 Å². The summed E-state index contributed by atoms with van der Waals surface area (Å²) >= 11 is -0.769. The van der Waals surface area contributed by atoms with Crippen molar-refractivity contribution >= 4 is 29.1 Å². The first kappa shape index (κ1) is 11.5. The van der Waals surface area contributed by atoms with E-state index in [0.29, 0.717) is 0 Å². The van der Waals surface area contributed by atoms with Crippen molar-refractivity contribution < 1.29 is 0 Å². The number of benzene rings is 1. The van der Waals surface area contributed by atoms with Gasteiger partial charge in [0, 0.05) is 0 Å². The molecule has 1 unspecified atom stereocenters. The number of hydrogen-bond donors (Lipinski definition) is 0.